The summed E-state index contributed by atoms with van der Waals surface area (Å²) < 4.78 is 5.29. The number of thiophene rings is 1. The molecule has 134 valence electrons. The third-order valence-corrected chi connectivity index (χ3v) is 4.47. The smallest absolute Gasteiger partial charge is 0.216 e. The van der Waals surface area contributed by atoms with Gasteiger partial charge in [-0.05, 0) is 30.0 Å². The zero-order valence-corrected chi connectivity index (χ0v) is 17.2. The van der Waals surface area contributed by atoms with Gasteiger partial charge in [-0.2, -0.15) is 0 Å². The van der Waals surface area contributed by atoms with Gasteiger partial charge in [-0.3, -0.25) is 10.1 Å². The van der Waals surface area contributed by atoms with E-state index < -0.39 is 0 Å². The molecule has 0 bridgehead atoms. The Bertz CT molecular complexity index is 769. The number of aliphatic imine (C=N–C) groups is 1. The quantitative estimate of drug-likeness (QED) is 0.328. The molecule has 3 rings (SSSR count). The molecule has 0 fully saturated rings. The van der Waals surface area contributed by atoms with Crippen LogP contribution in [0.2, 0.25) is 0 Å². The molecule has 3 aromatic rings. The van der Waals surface area contributed by atoms with E-state index in [1.165, 1.54) is 4.88 Å². The van der Waals surface area contributed by atoms with E-state index in [2.05, 4.69) is 47.9 Å². The van der Waals surface area contributed by atoms with Crippen LogP contribution in [0.1, 0.15) is 10.7 Å². The highest BCUT2D eigenvalue weighted by atomic mass is 127. The Balaban J connectivity index is 0.00000225. The van der Waals surface area contributed by atoms with Crippen LogP contribution in [0.3, 0.4) is 0 Å². The normalized spacial score (nSPS) is 11.2. The third kappa shape index (κ3) is 5.30. The summed E-state index contributed by atoms with van der Waals surface area (Å²) in [5.74, 6) is 2.75. The average molecular weight is 472 g/mol. The number of H-pyrrole nitrogens is 1. The minimum atomic E-state index is 0. The maximum absolute atomic E-state index is 5.29. The van der Waals surface area contributed by atoms with Crippen molar-refractivity contribution in [1.82, 2.24) is 25.4 Å². The molecule has 0 atom stereocenters. The summed E-state index contributed by atoms with van der Waals surface area (Å²) in [4.78, 5) is 12.2. The van der Waals surface area contributed by atoms with E-state index in [9.17, 15) is 0 Å². The Hall–Kier alpha value is -1.88. The number of aromatic nitrogens is 3. The van der Waals surface area contributed by atoms with Crippen molar-refractivity contribution >= 4 is 41.3 Å². The fraction of sp³-hybridized carbons (Fsp3) is 0.312. The first-order valence-electron chi connectivity index (χ1n) is 7.65. The molecule has 0 saturated heterocycles. The molecule has 0 aromatic carbocycles. The van der Waals surface area contributed by atoms with E-state index in [4.69, 9.17) is 4.42 Å². The number of hydrogen-bond acceptors (Lipinski definition) is 5. The van der Waals surface area contributed by atoms with E-state index in [1.54, 1.807) is 24.6 Å². The first-order chi connectivity index (χ1) is 11.8. The van der Waals surface area contributed by atoms with E-state index in [0.717, 1.165) is 24.7 Å². The lowest BCUT2D eigenvalue weighted by molar-refractivity contribution is 0.485. The number of likely N-dealkylation sites (N-methyl/N-ethyl adjacent to an activating group) is 1. The maximum Gasteiger partial charge on any atom is 0.216 e. The Morgan fingerprint density at radius 2 is 2.28 bits per heavy atom. The molecule has 3 heterocycles. The molecule has 2 N–H and O–H groups in total. The predicted octanol–water partition coefficient (Wildman–Crippen LogP) is 2.99. The number of guanidine groups is 1. The molecule has 7 nitrogen and oxygen atoms in total. The summed E-state index contributed by atoms with van der Waals surface area (Å²) >= 11 is 1.78. The second-order valence-electron chi connectivity index (χ2n) is 5.23. The molecular weight excluding hydrogens is 451 g/mol. The van der Waals surface area contributed by atoms with E-state index in [1.807, 2.05) is 19.2 Å². The topological polar surface area (TPSA) is 82.3 Å². The highest BCUT2D eigenvalue weighted by Crippen LogP contribution is 2.14. The van der Waals surface area contributed by atoms with Gasteiger partial charge in [0, 0.05) is 25.5 Å². The fourth-order valence-electron chi connectivity index (χ4n) is 2.28. The Morgan fingerprint density at radius 1 is 1.40 bits per heavy atom. The predicted molar refractivity (Wildman–Crippen MR) is 110 cm³/mol. The van der Waals surface area contributed by atoms with Crippen LogP contribution >= 0.6 is 35.3 Å². The van der Waals surface area contributed by atoms with Crippen LogP contribution in [0.5, 0.6) is 0 Å². The van der Waals surface area contributed by atoms with Crippen LogP contribution in [0.15, 0.2) is 45.3 Å². The number of hydrogen-bond donors (Lipinski definition) is 2. The highest BCUT2D eigenvalue weighted by Gasteiger charge is 2.10. The lowest BCUT2D eigenvalue weighted by Gasteiger charge is -2.21. The van der Waals surface area contributed by atoms with Crippen LogP contribution < -0.4 is 5.32 Å². The van der Waals surface area contributed by atoms with Crippen molar-refractivity contribution in [2.24, 2.45) is 4.99 Å². The van der Waals surface area contributed by atoms with Gasteiger partial charge < -0.3 is 14.6 Å². The van der Waals surface area contributed by atoms with Gasteiger partial charge in [-0.15, -0.1) is 40.4 Å². The fourth-order valence-corrected chi connectivity index (χ4v) is 2.97. The largest absolute Gasteiger partial charge is 0.461 e. The van der Waals surface area contributed by atoms with Crippen molar-refractivity contribution in [2.75, 3.05) is 20.6 Å². The molecule has 0 spiro atoms. The van der Waals surface area contributed by atoms with E-state index >= 15 is 0 Å². The number of nitrogens with one attached hydrogen (secondary N) is 2. The van der Waals surface area contributed by atoms with Crippen LogP contribution in [0.4, 0.5) is 0 Å². The van der Waals surface area contributed by atoms with E-state index in [-0.39, 0.29) is 24.0 Å². The van der Waals surface area contributed by atoms with Gasteiger partial charge in [0.15, 0.2) is 11.7 Å². The molecule has 0 aliphatic rings. The van der Waals surface area contributed by atoms with Crippen molar-refractivity contribution in [3.63, 3.8) is 0 Å². The minimum absolute atomic E-state index is 0. The monoisotopic (exact) mass is 472 g/mol. The molecule has 0 radical (unpaired) electrons. The summed E-state index contributed by atoms with van der Waals surface area (Å²) in [7, 11) is 3.80. The van der Waals surface area contributed by atoms with Crippen LogP contribution in [0.25, 0.3) is 11.6 Å². The summed E-state index contributed by atoms with van der Waals surface area (Å²) in [6, 6.07) is 7.87. The van der Waals surface area contributed by atoms with Gasteiger partial charge in [0.05, 0.1) is 12.8 Å². The van der Waals surface area contributed by atoms with Gasteiger partial charge in [0.2, 0.25) is 5.82 Å². The van der Waals surface area contributed by atoms with Gasteiger partial charge in [0.1, 0.15) is 5.82 Å². The molecule has 0 saturated carbocycles. The van der Waals surface area contributed by atoms with Crippen LogP contribution in [-0.2, 0) is 13.0 Å². The third-order valence-electron chi connectivity index (χ3n) is 3.53. The van der Waals surface area contributed by atoms with Crippen molar-refractivity contribution in [2.45, 2.75) is 13.0 Å². The highest BCUT2D eigenvalue weighted by molar-refractivity contribution is 14.0. The SMILES string of the molecule is CN=C(NCc1nc(-c2ccco2)n[nH]1)N(C)CCc1cccs1.I. The first kappa shape index (κ1) is 19.4. The average Bonchev–Trinajstić information content (AvgIpc) is 3.33. The minimum Gasteiger partial charge on any atom is -0.461 e. The maximum atomic E-state index is 5.29. The van der Waals surface area contributed by atoms with Crippen molar-refractivity contribution in [1.29, 1.82) is 0 Å². The number of nitrogens with zero attached hydrogens (tertiary/aromatic N) is 4. The number of halogens is 1. The first-order valence-corrected chi connectivity index (χ1v) is 8.53. The molecule has 9 heteroatoms. The van der Waals surface area contributed by atoms with Gasteiger partial charge in [0.25, 0.3) is 0 Å². The molecule has 25 heavy (non-hydrogen) atoms. The lowest BCUT2D eigenvalue weighted by atomic mass is 10.3. The lowest BCUT2D eigenvalue weighted by Crippen LogP contribution is -2.39. The van der Waals surface area contributed by atoms with Gasteiger partial charge in [-0.25, -0.2) is 4.98 Å². The second-order valence-corrected chi connectivity index (χ2v) is 6.27. The Morgan fingerprint density at radius 3 is 2.96 bits per heavy atom. The number of rotatable bonds is 6. The summed E-state index contributed by atoms with van der Waals surface area (Å²) in [5.41, 5.74) is 0. The van der Waals surface area contributed by atoms with Crippen LogP contribution in [-0.4, -0.2) is 46.7 Å². The summed E-state index contributed by atoms with van der Waals surface area (Å²) in [5, 5.41) is 12.5. The van der Waals surface area contributed by atoms with Gasteiger partial charge >= 0.3 is 0 Å². The molecular formula is C16H21IN6OS. The molecule has 0 amide bonds. The second kappa shape index (κ2) is 9.56. The molecule has 0 aliphatic heterocycles. The van der Waals surface area contributed by atoms with Crippen molar-refractivity contribution < 1.29 is 4.42 Å². The Labute approximate surface area is 167 Å². The van der Waals surface area contributed by atoms with Crippen molar-refractivity contribution in [3.8, 4) is 11.6 Å². The zero-order valence-electron chi connectivity index (χ0n) is 14.1. The molecule has 3 aromatic heterocycles. The summed E-state index contributed by atoms with van der Waals surface area (Å²) in [6.07, 6.45) is 2.60. The summed E-state index contributed by atoms with van der Waals surface area (Å²) in [6.45, 7) is 1.41. The van der Waals surface area contributed by atoms with Gasteiger partial charge in [-0.1, -0.05) is 6.07 Å². The standard InChI is InChI=1S/C16H20N6OS.HI/c1-17-16(22(2)8-7-12-5-4-10-24-12)18-11-14-19-15(21-20-14)13-6-3-9-23-13;/h3-6,9-10H,7-8,11H2,1-2H3,(H,17,18)(H,19,20,21);1H. The molecule has 0 unspecified atom stereocenters. The van der Waals surface area contributed by atoms with Crippen molar-refractivity contribution in [3.05, 3.63) is 46.6 Å². The zero-order chi connectivity index (χ0) is 16.8. The number of aromatic amines is 1. The molecule has 0 aliphatic carbocycles. The Kier molecular flexibility index (Phi) is 7.44. The number of furan rings is 1. The van der Waals surface area contributed by atoms with E-state index in [0.29, 0.717) is 18.1 Å². The van der Waals surface area contributed by atoms with Crippen LogP contribution in [0, 0.1) is 0 Å².